The first-order chi connectivity index (χ1) is 8.65. The number of piperidine rings is 1. The highest BCUT2D eigenvalue weighted by Gasteiger charge is 2.32. The van der Waals surface area contributed by atoms with Gasteiger partial charge in [0.15, 0.2) is 0 Å². The third-order valence-corrected chi connectivity index (χ3v) is 3.72. The van der Waals surface area contributed by atoms with Crippen molar-refractivity contribution in [3.05, 3.63) is 11.6 Å². The van der Waals surface area contributed by atoms with Gasteiger partial charge in [-0.3, -0.25) is 9.89 Å². The first-order valence-corrected chi connectivity index (χ1v) is 6.55. The van der Waals surface area contributed by atoms with Crippen molar-refractivity contribution in [1.29, 1.82) is 0 Å². The number of hydrogen-bond donors (Lipinski definition) is 2. The Morgan fingerprint density at radius 2 is 2.39 bits per heavy atom. The van der Waals surface area contributed by atoms with Gasteiger partial charge in [0, 0.05) is 19.1 Å². The lowest BCUT2D eigenvalue weighted by Gasteiger charge is -2.38. The molecule has 1 fully saturated rings. The molecular formula is C12H21N5O. The number of carbonyl (C=O) groups is 1. The average molecular weight is 251 g/mol. The molecule has 0 bridgehead atoms. The van der Waals surface area contributed by atoms with Gasteiger partial charge in [-0.15, -0.1) is 5.10 Å². The SMILES string of the molecule is CCC1CCN(C(=O)c2n[nH]c(C)n2)C(CN)C1. The van der Waals surface area contributed by atoms with E-state index in [2.05, 4.69) is 22.1 Å². The maximum atomic E-state index is 12.3. The second-order valence-electron chi connectivity index (χ2n) is 4.93. The van der Waals surface area contributed by atoms with Gasteiger partial charge in [0.1, 0.15) is 5.82 Å². The molecule has 6 nitrogen and oxygen atoms in total. The van der Waals surface area contributed by atoms with Crippen molar-refractivity contribution in [2.75, 3.05) is 13.1 Å². The van der Waals surface area contributed by atoms with Crippen LogP contribution in [0.3, 0.4) is 0 Å². The van der Waals surface area contributed by atoms with Crippen molar-refractivity contribution in [3.8, 4) is 0 Å². The zero-order chi connectivity index (χ0) is 13.1. The van der Waals surface area contributed by atoms with Gasteiger partial charge in [-0.1, -0.05) is 13.3 Å². The van der Waals surface area contributed by atoms with Gasteiger partial charge in [-0.2, -0.15) is 0 Å². The minimum atomic E-state index is -0.107. The van der Waals surface area contributed by atoms with Crippen LogP contribution in [0, 0.1) is 12.8 Å². The molecule has 1 aromatic rings. The van der Waals surface area contributed by atoms with Crippen LogP contribution in [0.15, 0.2) is 0 Å². The van der Waals surface area contributed by atoms with E-state index < -0.39 is 0 Å². The van der Waals surface area contributed by atoms with E-state index in [4.69, 9.17) is 5.73 Å². The molecule has 18 heavy (non-hydrogen) atoms. The number of aromatic amines is 1. The van der Waals surface area contributed by atoms with Crippen LogP contribution >= 0.6 is 0 Å². The van der Waals surface area contributed by atoms with E-state index >= 15 is 0 Å². The first kappa shape index (κ1) is 13.0. The summed E-state index contributed by atoms with van der Waals surface area (Å²) in [7, 11) is 0. The molecule has 1 aliphatic heterocycles. The molecule has 1 aromatic heterocycles. The molecule has 100 valence electrons. The van der Waals surface area contributed by atoms with Crippen LogP contribution in [-0.2, 0) is 0 Å². The lowest BCUT2D eigenvalue weighted by Crippen LogP contribution is -2.49. The summed E-state index contributed by atoms with van der Waals surface area (Å²) in [6.45, 7) is 5.24. The minimum Gasteiger partial charge on any atom is -0.332 e. The Morgan fingerprint density at radius 3 is 2.94 bits per heavy atom. The molecule has 2 heterocycles. The van der Waals surface area contributed by atoms with Crippen LogP contribution in [0.25, 0.3) is 0 Å². The molecule has 2 rings (SSSR count). The van der Waals surface area contributed by atoms with Crippen molar-refractivity contribution in [1.82, 2.24) is 20.1 Å². The van der Waals surface area contributed by atoms with Gasteiger partial charge in [0.05, 0.1) is 0 Å². The Hall–Kier alpha value is -1.43. The second kappa shape index (κ2) is 5.48. The molecular weight excluding hydrogens is 230 g/mol. The van der Waals surface area contributed by atoms with E-state index in [0.29, 0.717) is 18.3 Å². The lowest BCUT2D eigenvalue weighted by molar-refractivity contribution is 0.0546. The predicted molar refractivity (Wildman–Crippen MR) is 68.0 cm³/mol. The number of nitrogens with two attached hydrogens (primary N) is 1. The van der Waals surface area contributed by atoms with E-state index in [1.807, 2.05) is 4.90 Å². The molecule has 2 atom stereocenters. The summed E-state index contributed by atoms with van der Waals surface area (Å²) in [6, 6.07) is 0.120. The summed E-state index contributed by atoms with van der Waals surface area (Å²) in [5, 5.41) is 6.63. The summed E-state index contributed by atoms with van der Waals surface area (Å²) in [4.78, 5) is 18.2. The number of rotatable bonds is 3. The molecule has 1 amide bonds. The summed E-state index contributed by atoms with van der Waals surface area (Å²) in [5.74, 6) is 1.48. The maximum Gasteiger partial charge on any atom is 0.293 e. The van der Waals surface area contributed by atoms with Crippen molar-refractivity contribution in [3.63, 3.8) is 0 Å². The number of aromatic nitrogens is 3. The third kappa shape index (κ3) is 2.53. The van der Waals surface area contributed by atoms with E-state index in [1.165, 1.54) is 0 Å². The Balaban J connectivity index is 2.10. The molecule has 0 aromatic carbocycles. The molecule has 2 unspecified atom stereocenters. The summed E-state index contributed by atoms with van der Waals surface area (Å²) in [5.41, 5.74) is 5.79. The zero-order valence-electron chi connectivity index (χ0n) is 11.0. The summed E-state index contributed by atoms with van der Waals surface area (Å²) in [6.07, 6.45) is 3.18. The summed E-state index contributed by atoms with van der Waals surface area (Å²) < 4.78 is 0. The Labute approximate surface area is 107 Å². The lowest BCUT2D eigenvalue weighted by atomic mass is 9.89. The number of nitrogens with zero attached hydrogens (tertiary/aromatic N) is 3. The number of hydrogen-bond acceptors (Lipinski definition) is 4. The van der Waals surface area contributed by atoms with Crippen molar-refractivity contribution in [2.24, 2.45) is 11.7 Å². The minimum absolute atomic E-state index is 0.107. The second-order valence-corrected chi connectivity index (χ2v) is 4.93. The predicted octanol–water partition coefficient (Wildman–Crippen LogP) is 0.703. The van der Waals surface area contributed by atoms with Crippen LogP contribution in [0.1, 0.15) is 42.6 Å². The Bertz CT molecular complexity index is 416. The molecule has 1 saturated heterocycles. The fourth-order valence-corrected chi connectivity index (χ4v) is 2.56. The Kier molecular flexibility index (Phi) is 3.96. The van der Waals surface area contributed by atoms with Crippen molar-refractivity contribution >= 4 is 5.91 Å². The van der Waals surface area contributed by atoms with Gasteiger partial charge in [0.25, 0.3) is 5.91 Å². The average Bonchev–Trinajstić information content (AvgIpc) is 2.83. The molecule has 0 saturated carbocycles. The fourth-order valence-electron chi connectivity index (χ4n) is 2.56. The highest BCUT2D eigenvalue weighted by molar-refractivity contribution is 5.90. The van der Waals surface area contributed by atoms with Crippen molar-refractivity contribution < 1.29 is 4.79 Å². The number of aryl methyl sites for hydroxylation is 1. The molecule has 0 radical (unpaired) electrons. The van der Waals surface area contributed by atoms with Crippen molar-refractivity contribution in [2.45, 2.75) is 39.2 Å². The number of nitrogens with one attached hydrogen (secondary N) is 1. The molecule has 1 aliphatic rings. The van der Waals surface area contributed by atoms with Crippen LogP contribution < -0.4 is 5.73 Å². The Morgan fingerprint density at radius 1 is 1.61 bits per heavy atom. The van der Waals surface area contributed by atoms with E-state index in [0.717, 1.165) is 25.8 Å². The van der Waals surface area contributed by atoms with Crippen LogP contribution in [0.2, 0.25) is 0 Å². The number of carbonyl (C=O) groups excluding carboxylic acids is 1. The van der Waals surface area contributed by atoms with Gasteiger partial charge < -0.3 is 10.6 Å². The first-order valence-electron chi connectivity index (χ1n) is 6.55. The smallest absolute Gasteiger partial charge is 0.293 e. The monoisotopic (exact) mass is 251 g/mol. The normalized spacial score (nSPS) is 24.3. The fraction of sp³-hybridized carbons (Fsp3) is 0.750. The van der Waals surface area contributed by atoms with Gasteiger partial charge in [-0.05, 0) is 25.7 Å². The largest absolute Gasteiger partial charge is 0.332 e. The van der Waals surface area contributed by atoms with E-state index in [9.17, 15) is 4.79 Å². The maximum absolute atomic E-state index is 12.3. The van der Waals surface area contributed by atoms with Gasteiger partial charge in [0.2, 0.25) is 5.82 Å². The molecule has 3 N–H and O–H groups in total. The number of amides is 1. The van der Waals surface area contributed by atoms with Crippen LogP contribution in [0.5, 0.6) is 0 Å². The zero-order valence-corrected chi connectivity index (χ0v) is 11.0. The molecule has 0 spiro atoms. The number of likely N-dealkylation sites (tertiary alicyclic amines) is 1. The van der Waals surface area contributed by atoms with Gasteiger partial charge >= 0.3 is 0 Å². The molecule has 0 aliphatic carbocycles. The topological polar surface area (TPSA) is 87.9 Å². The van der Waals surface area contributed by atoms with E-state index in [1.54, 1.807) is 6.92 Å². The standard InChI is InChI=1S/C12H21N5O/c1-3-9-4-5-17(10(6-9)7-13)12(18)11-14-8(2)15-16-11/h9-10H,3-7,13H2,1-2H3,(H,14,15,16). The highest BCUT2D eigenvalue weighted by Crippen LogP contribution is 2.25. The van der Waals surface area contributed by atoms with Crippen LogP contribution in [0.4, 0.5) is 0 Å². The van der Waals surface area contributed by atoms with Gasteiger partial charge in [-0.25, -0.2) is 4.98 Å². The molecule has 6 heteroatoms. The number of H-pyrrole nitrogens is 1. The third-order valence-electron chi connectivity index (χ3n) is 3.72. The quantitative estimate of drug-likeness (QED) is 0.827. The van der Waals surface area contributed by atoms with Crippen LogP contribution in [-0.4, -0.2) is 45.1 Å². The highest BCUT2D eigenvalue weighted by atomic mass is 16.2. The summed E-state index contributed by atoms with van der Waals surface area (Å²) >= 11 is 0. The van der Waals surface area contributed by atoms with E-state index in [-0.39, 0.29) is 17.8 Å².